The largest absolute Gasteiger partial charge is 0.481 e. The van der Waals surface area contributed by atoms with Gasteiger partial charge < -0.3 is 9.84 Å². The lowest BCUT2D eigenvalue weighted by Crippen LogP contribution is -2.21. The fourth-order valence-electron chi connectivity index (χ4n) is 0.968. The van der Waals surface area contributed by atoms with Crippen molar-refractivity contribution in [2.24, 2.45) is 7.05 Å². The van der Waals surface area contributed by atoms with Crippen LogP contribution in [-0.2, 0) is 22.2 Å². The lowest BCUT2D eigenvalue weighted by atomic mass is 10.1. The molecule has 0 amide bonds. The van der Waals surface area contributed by atoms with Crippen molar-refractivity contribution < 1.29 is 14.6 Å². The first-order valence-electron chi connectivity index (χ1n) is 4.68. The van der Waals surface area contributed by atoms with E-state index in [1.54, 1.807) is 18.8 Å². The van der Waals surface area contributed by atoms with Crippen LogP contribution in [0.2, 0.25) is 0 Å². The number of carboxylic acids is 1. The van der Waals surface area contributed by atoms with E-state index < -0.39 is 11.6 Å². The molecule has 0 aliphatic carbocycles. The number of methoxy groups -OCH3 is 1. The summed E-state index contributed by atoms with van der Waals surface area (Å²) in [5, 5.41) is 13.3. The maximum absolute atomic E-state index is 10.4. The van der Waals surface area contributed by atoms with Crippen LogP contribution in [0.4, 0.5) is 0 Å². The number of hydrogen-bond acceptors (Lipinski definition) is 5. The van der Waals surface area contributed by atoms with Gasteiger partial charge in [0, 0.05) is 14.2 Å². The molecule has 16 heavy (non-hydrogen) atoms. The van der Waals surface area contributed by atoms with Crippen LogP contribution < -0.4 is 0 Å². The molecule has 0 aliphatic heterocycles. The van der Waals surface area contributed by atoms with Gasteiger partial charge in [-0.25, -0.2) is 9.67 Å². The number of rotatable bonds is 5. The molecule has 0 unspecified atom stereocenters. The Morgan fingerprint density at radius 2 is 2.25 bits per heavy atom. The van der Waals surface area contributed by atoms with E-state index in [4.69, 9.17) is 9.84 Å². The van der Waals surface area contributed by atoms with Crippen LogP contribution >= 0.6 is 11.8 Å². The molecule has 90 valence electrons. The predicted molar refractivity (Wildman–Crippen MR) is 59.4 cm³/mol. The van der Waals surface area contributed by atoms with Gasteiger partial charge in [-0.2, -0.15) is 5.10 Å². The number of hydrogen-bond donors (Lipinski definition) is 1. The maximum atomic E-state index is 10.4. The Labute approximate surface area is 98.0 Å². The lowest BCUT2D eigenvalue weighted by Gasteiger charge is -2.18. The Balaban J connectivity index is 2.85. The Morgan fingerprint density at radius 3 is 2.75 bits per heavy atom. The highest BCUT2D eigenvalue weighted by molar-refractivity contribution is 7.99. The molecule has 0 spiro atoms. The minimum absolute atomic E-state index is 0.0284. The second-order valence-corrected chi connectivity index (χ2v) is 4.68. The van der Waals surface area contributed by atoms with E-state index in [1.165, 1.54) is 0 Å². The highest BCUT2D eigenvalue weighted by Crippen LogP contribution is 2.23. The van der Waals surface area contributed by atoms with Gasteiger partial charge in [0.2, 0.25) is 0 Å². The monoisotopic (exact) mass is 245 g/mol. The number of aromatic nitrogens is 3. The number of aryl methyl sites for hydroxylation is 1. The third-order valence-corrected chi connectivity index (χ3v) is 3.10. The van der Waals surface area contributed by atoms with E-state index in [0.29, 0.717) is 11.0 Å². The minimum Gasteiger partial charge on any atom is -0.481 e. The zero-order valence-electron chi connectivity index (χ0n) is 9.72. The van der Waals surface area contributed by atoms with Crippen molar-refractivity contribution >= 4 is 17.7 Å². The zero-order valence-corrected chi connectivity index (χ0v) is 10.5. The Hall–Kier alpha value is -1.08. The van der Waals surface area contributed by atoms with Crippen molar-refractivity contribution in [3.63, 3.8) is 0 Å². The van der Waals surface area contributed by atoms with E-state index in [1.807, 2.05) is 13.8 Å². The minimum atomic E-state index is -0.874. The molecule has 0 saturated carbocycles. The molecule has 0 atom stereocenters. The average Bonchev–Trinajstić information content (AvgIpc) is 2.57. The molecule has 1 N–H and O–H groups in total. The average molecular weight is 245 g/mol. The summed E-state index contributed by atoms with van der Waals surface area (Å²) in [5.74, 6) is -0.356. The molecule has 7 heteroatoms. The van der Waals surface area contributed by atoms with E-state index in [9.17, 15) is 4.79 Å². The van der Waals surface area contributed by atoms with Crippen molar-refractivity contribution in [1.82, 2.24) is 14.8 Å². The molecular weight excluding hydrogens is 230 g/mol. The van der Waals surface area contributed by atoms with Gasteiger partial charge in [0.25, 0.3) is 0 Å². The van der Waals surface area contributed by atoms with Gasteiger partial charge in [0.1, 0.15) is 5.60 Å². The van der Waals surface area contributed by atoms with Crippen molar-refractivity contribution in [2.75, 3.05) is 12.9 Å². The SMILES string of the molecule is COC(C)(C)c1nc(SCC(=O)O)n(C)n1. The van der Waals surface area contributed by atoms with Gasteiger partial charge >= 0.3 is 5.97 Å². The molecule has 0 aliphatic rings. The number of carboxylic acid groups (broad SMARTS) is 1. The fourth-order valence-corrected chi connectivity index (χ4v) is 1.60. The molecule has 1 rings (SSSR count). The Morgan fingerprint density at radius 1 is 1.62 bits per heavy atom. The van der Waals surface area contributed by atoms with Crippen molar-refractivity contribution in [3.05, 3.63) is 5.82 Å². The summed E-state index contributed by atoms with van der Waals surface area (Å²) >= 11 is 1.14. The first kappa shape index (κ1) is 13.0. The highest BCUT2D eigenvalue weighted by atomic mass is 32.2. The van der Waals surface area contributed by atoms with Gasteiger partial charge in [-0.1, -0.05) is 11.8 Å². The quantitative estimate of drug-likeness (QED) is 0.776. The molecule has 1 heterocycles. The number of ether oxygens (including phenoxy) is 1. The molecule has 1 aromatic rings. The van der Waals surface area contributed by atoms with Gasteiger partial charge in [-0.05, 0) is 13.8 Å². The topological polar surface area (TPSA) is 77.2 Å². The number of nitrogens with zero attached hydrogens (tertiary/aromatic N) is 3. The van der Waals surface area contributed by atoms with E-state index in [0.717, 1.165) is 11.8 Å². The second-order valence-electron chi connectivity index (χ2n) is 3.74. The fraction of sp³-hybridized carbons (Fsp3) is 0.667. The Kier molecular flexibility index (Phi) is 3.93. The first-order chi connectivity index (χ1) is 7.36. The van der Waals surface area contributed by atoms with Crippen LogP contribution in [0.3, 0.4) is 0 Å². The van der Waals surface area contributed by atoms with Gasteiger partial charge in [0.05, 0.1) is 5.75 Å². The summed E-state index contributed by atoms with van der Waals surface area (Å²) in [6.45, 7) is 3.71. The summed E-state index contributed by atoms with van der Waals surface area (Å²) < 4.78 is 6.81. The smallest absolute Gasteiger partial charge is 0.313 e. The molecular formula is C9H15N3O3S. The summed E-state index contributed by atoms with van der Waals surface area (Å²) in [5.41, 5.74) is -0.570. The van der Waals surface area contributed by atoms with Crippen LogP contribution in [0.1, 0.15) is 19.7 Å². The van der Waals surface area contributed by atoms with Crippen LogP contribution in [0.25, 0.3) is 0 Å². The lowest BCUT2D eigenvalue weighted by molar-refractivity contribution is -0.133. The van der Waals surface area contributed by atoms with Crippen LogP contribution in [-0.4, -0.2) is 38.7 Å². The zero-order chi connectivity index (χ0) is 12.3. The predicted octanol–water partition coefficient (Wildman–Crippen LogP) is 0.873. The molecule has 0 radical (unpaired) electrons. The summed E-state index contributed by atoms with van der Waals surface area (Å²) in [6.07, 6.45) is 0. The Bertz CT molecular complexity index is 389. The number of carbonyl (C=O) groups is 1. The number of thioether (sulfide) groups is 1. The highest BCUT2D eigenvalue weighted by Gasteiger charge is 2.26. The summed E-state index contributed by atoms with van der Waals surface area (Å²) in [7, 11) is 3.31. The van der Waals surface area contributed by atoms with Crippen molar-refractivity contribution in [3.8, 4) is 0 Å². The normalized spacial score (nSPS) is 11.8. The van der Waals surface area contributed by atoms with E-state index in [2.05, 4.69) is 10.1 Å². The van der Waals surface area contributed by atoms with Gasteiger partial charge in [0.15, 0.2) is 11.0 Å². The van der Waals surface area contributed by atoms with E-state index >= 15 is 0 Å². The molecule has 0 bridgehead atoms. The van der Waals surface area contributed by atoms with Gasteiger partial charge in [-0.3, -0.25) is 4.79 Å². The third-order valence-electron chi connectivity index (χ3n) is 2.10. The maximum Gasteiger partial charge on any atom is 0.313 e. The molecule has 6 nitrogen and oxygen atoms in total. The van der Waals surface area contributed by atoms with E-state index in [-0.39, 0.29) is 5.75 Å². The molecule has 1 aromatic heterocycles. The van der Waals surface area contributed by atoms with Crippen LogP contribution in [0, 0.1) is 0 Å². The molecule has 0 saturated heterocycles. The first-order valence-corrected chi connectivity index (χ1v) is 5.66. The molecule has 0 fully saturated rings. The van der Waals surface area contributed by atoms with Gasteiger partial charge in [-0.15, -0.1) is 0 Å². The third kappa shape index (κ3) is 2.96. The van der Waals surface area contributed by atoms with Crippen LogP contribution in [0.15, 0.2) is 5.16 Å². The molecule has 0 aromatic carbocycles. The summed E-state index contributed by atoms with van der Waals surface area (Å²) in [4.78, 5) is 14.7. The standard InChI is InChI=1S/C9H15N3O3S/c1-9(2,15-4)7-10-8(12(3)11-7)16-5-6(13)14/h5H2,1-4H3,(H,13,14). The number of aliphatic carboxylic acids is 1. The van der Waals surface area contributed by atoms with Crippen LogP contribution in [0.5, 0.6) is 0 Å². The second kappa shape index (κ2) is 4.84. The summed E-state index contributed by atoms with van der Waals surface area (Å²) in [6, 6.07) is 0. The van der Waals surface area contributed by atoms with Crippen molar-refractivity contribution in [2.45, 2.75) is 24.6 Å². The van der Waals surface area contributed by atoms with Crippen molar-refractivity contribution in [1.29, 1.82) is 0 Å².